The van der Waals surface area contributed by atoms with Gasteiger partial charge in [-0.15, -0.1) is 11.3 Å². The summed E-state index contributed by atoms with van der Waals surface area (Å²) in [6.07, 6.45) is 0. The van der Waals surface area contributed by atoms with Crippen LogP contribution in [0.1, 0.15) is 0 Å². The van der Waals surface area contributed by atoms with E-state index in [4.69, 9.17) is 4.42 Å². The molecule has 0 aliphatic carbocycles. The number of para-hydroxylation sites is 1. The highest BCUT2D eigenvalue weighted by atomic mass is 32.1. The zero-order valence-electron chi connectivity index (χ0n) is 29.8. The SMILES string of the molecule is c1cc(-c2ccc3ccccc3c2)cc(N(c2ccc(-c3ccc4c(c3)oc3ccccc34)cc2)c2ccc(-c3cccc4sc5ccccc5c34)cc2)c1. The first kappa shape index (κ1) is 31.6. The summed E-state index contributed by atoms with van der Waals surface area (Å²) in [5.74, 6) is 0. The summed E-state index contributed by atoms with van der Waals surface area (Å²) in [5.41, 5.74) is 12.2. The molecular formula is C52H33NOS. The standard InChI is InChI=1S/C52H33NOS/c1-2-10-37-31-39(20-19-34(37)9-1)38-11-7-12-43(32-38)53(41-26-21-35(22-27-41)40-25-30-46-45-13-3-5-16-48(45)54-49(46)33-40)42-28-23-36(24-29-42)44-15-8-18-51-52(44)47-14-4-6-17-50(47)55-51/h1-33H. The fourth-order valence-electron chi connectivity index (χ4n) is 8.15. The fraction of sp³-hybridized carbons (Fsp3) is 0. The Hall–Kier alpha value is -6.94. The van der Waals surface area contributed by atoms with Gasteiger partial charge in [0.1, 0.15) is 11.2 Å². The summed E-state index contributed by atoms with van der Waals surface area (Å²) < 4.78 is 8.87. The van der Waals surface area contributed by atoms with Gasteiger partial charge in [-0.1, -0.05) is 127 Å². The third-order valence-corrected chi connectivity index (χ3v) is 12.0. The summed E-state index contributed by atoms with van der Waals surface area (Å²) in [6, 6.07) is 72.3. The molecular weight excluding hydrogens is 687 g/mol. The minimum absolute atomic E-state index is 0.904. The van der Waals surface area contributed by atoms with Crippen LogP contribution in [0.3, 0.4) is 0 Å². The number of fused-ring (bicyclic) bond motifs is 7. The van der Waals surface area contributed by atoms with E-state index < -0.39 is 0 Å². The summed E-state index contributed by atoms with van der Waals surface area (Å²) in [5, 5.41) is 7.41. The monoisotopic (exact) mass is 719 g/mol. The van der Waals surface area contributed by atoms with E-state index in [0.717, 1.165) is 50.1 Å². The molecule has 0 aliphatic rings. The van der Waals surface area contributed by atoms with Gasteiger partial charge in [-0.2, -0.15) is 0 Å². The van der Waals surface area contributed by atoms with Crippen LogP contribution < -0.4 is 4.90 Å². The molecule has 0 saturated heterocycles. The molecule has 55 heavy (non-hydrogen) atoms. The molecule has 11 rings (SSSR count). The zero-order chi connectivity index (χ0) is 36.3. The molecule has 0 spiro atoms. The van der Waals surface area contributed by atoms with Gasteiger partial charge >= 0.3 is 0 Å². The maximum absolute atomic E-state index is 6.24. The van der Waals surface area contributed by atoms with Gasteiger partial charge in [0.15, 0.2) is 0 Å². The van der Waals surface area contributed by atoms with Gasteiger partial charge in [0, 0.05) is 48.0 Å². The Morgan fingerprint density at radius 3 is 1.82 bits per heavy atom. The molecule has 0 N–H and O–H groups in total. The van der Waals surface area contributed by atoms with E-state index in [1.54, 1.807) is 0 Å². The van der Waals surface area contributed by atoms with Gasteiger partial charge in [-0.3, -0.25) is 0 Å². The van der Waals surface area contributed by atoms with Crippen LogP contribution in [0.25, 0.3) is 86.3 Å². The number of benzene rings is 9. The lowest BCUT2D eigenvalue weighted by Crippen LogP contribution is -2.10. The molecule has 0 bridgehead atoms. The summed E-state index contributed by atoms with van der Waals surface area (Å²) in [6.45, 7) is 0. The Kier molecular flexibility index (Phi) is 7.39. The van der Waals surface area contributed by atoms with Crippen molar-refractivity contribution in [1.29, 1.82) is 0 Å². The second kappa shape index (κ2) is 12.9. The van der Waals surface area contributed by atoms with Crippen LogP contribution in [0.5, 0.6) is 0 Å². The molecule has 11 aromatic rings. The van der Waals surface area contributed by atoms with E-state index in [9.17, 15) is 0 Å². The molecule has 0 amide bonds. The molecule has 0 aliphatic heterocycles. The molecule has 3 heteroatoms. The van der Waals surface area contributed by atoms with Gasteiger partial charge in [-0.25, -0.2) is 0 Å². The maximum atomic E-state index is 6.24. The highest BCUT2D eigenvalue weighted by molar-refractivity contribution is 7.25. The van der Waals surface area contributed by atoms with Crippen molar-refractivity contribution in [2.24, 2.45) is 0 Å². The lowest BCUT2D eigenvalue weighted by Gasteiger charge is -2.26. The number of rotatable bonds is 6. The molecule has 2 heterocycles. The van der Waals surface area contributed by atoms with Crippen molar-refractivity contribution in [3.05, 3.63) is 200 Å². The average molecular weight is 720 g/mol. The van der Waals surface area contributed by atoms with Crippen LogP contribution >= 0.6 is 11.3 Å². The predicted octanol–water partition coefficient (Wildman–Crippen LogP) is 15.6. The van der Waals surface area contributed by atoms with E-state index in [1.165, 1.54) is 53.2 Å². The molecule has 2 nitrogen and oxygen atoms in total. The molecule has 0 radical (unpaired) electrons. The van der Waals surface area contributed by atoms with Crippen molar-refractivity contribution >= 4 is 81.3 Å². The van der Waals surface area contributed by atoms with Gasteiger partial charge < -0.3 is 9.32 Å². The van der Waals surface area contributed by atoms with Crippen LogP contribution in [-0.4, -0.2) is 0 Å². The number of anilines is 3. The van der Waals surface area contributed by atoms with Gasteiger partial charge in [0.2, 0.25) is 0 Å². The summed E-state index contributed by atoms with van der Waals surface area (Å²) >= 11 is 1.86. The second-order valence-corrected chi connectivity index (χ2v) is 15.2. The average Bonchev–Trinajstić information content (AvgIpc) is 3.82. The first-order chi connectivity index (χ1) is 27.2. The van der Waals surface area contributed by atoms with Crippen LogP contribution in [0.2, 0.25) is 0 Å². The fourth-order valence-corrected chi connectivity index (χ4v) is 9.29. The Morgan fingerprint density at radius 1 is 0.345 bits per heavy atom. The first-order valence-corrected chi connectivity index (χ1v) is 19.5. The smallest absolute Gasteiger partial charge is 0.136 e. The van der Waals surface area contributed by atoms with Gasteiger partial charge in [0.05, 0.1) is 0 Å². The number of furan rings is 1. The number of thiophene rings is 1. The number of nitrogens with zero attached hydrogens (tertiary/aromatic N) is 1. The summed E-state index contributed by atoms with van der Waals surface area (Å²) in [4.78, 5) is 2.36. The highest BCUT2D eigenvalue weighted by Gasteiger charge is 2.17. The molecule has 258 valence electrons. The molecule has 0 saturated carbocycles. The van der Waals surface area contributed by atoms with Crippen molar-refractivity contribution < 1.29 is 4.42 Å². The third kappa shape index (κ3) is 5.48. The quantitative estimate of drug-likeness (QED) is 0.170. The Bertz CT molecular complexity index is 3210. The molecule has 9 aromatic carbocycles. The Balaban J connectivity index is 1.01. The largest absolute Gasteiger partial charge is 0.456 e. The van der Waals surface area contributed by atoms with Crippen LogP contribution in [0, 0.1) is 0 Å². The Morgan fingerprint density at radius 2 is 0.964 bits per heavy atom. The predicted molar refractivity (Wildman–Crippen MR) is 235 cm³/mol. The van der Waals surface area contributed by atoms with E-state index in [0.29, 0.717) is 0 Å². The zero-order valence-corrected chi connectivity index (χ0v) is 30.6. The van der Waals surface area contributed by atoms with Crippen LogP contribution in [-0.2, 0) is 0 Å². The lowest BCUT2D eigenvalue weighted by atomic mass is 9.98. The number of hydrogen-bond donors (Lipinski definition) is 0. The summed E-state index contributed by atoms with van der Waals surface area (Å²) in [7, 11) is 0. The molecule has 0 atom stereocenters. The van der Waals surface area contributed by atoms with Crippen molar-refractivity contribution in [2.75, 3.05) is 4.90 Å². The van der Waals surface area contributed by atoms with Crippen molar-refractivity contribution in [2.45, 2.75) is 0 Å². The van der Waals surface area contributed by atoms with Gasteiger partial charge in [-0.05, 0) is 117 Å². The minimum Gasteiger partial charge on any atom is -0.456 e. The second-order valence-electron chi connectivity index (χ2n) is 14.1. The minimum atomic E-state index is 0.904. The van der Waals surface area contributed by atoms with Crippen molar-refractivity contribution in [3.8, 4) is 33.4 Å². The first-order valence-electron chi connectivity index (χ1n) is 18.7. The molecule has 0 fully saturated rings. The van der Waals surface area contributed by atoms with E-state index >= 15 is 0 Å². The number of hydrogen-bond acceptors (Lipinski definition) is 3. The van der Waals surface area contributed by atoms with Gasteiger partial charge in [0.25, 0.3) is 0 Å². The highest BCUT2D eigenvalue weighted by Crippen LogP contribution is 2.42. The normalized spacial score (nSPS) is 11.6. The van der Waals surface area contributed by atoms with Crippen LogP contribution in [0.4, 0.5) is 17.1 Å². The Labute approximate surface area is 322 Å². The topological polar surface area (TPSA) is 16.4 Å². The van der Waals surface area contributed by atoms with E-state index in [-0.39, 0.29) is 0 Å². The lowest BCUT2D eigenvalue weighted by molar-refractivity contribution is 0.669. The molecule has 0 unspecified atom stereocenters. The maximum Gasteiger partial charge on any atom is 0.136 e. The third-order valence-electron chi connectivity index (χ3n) is 10.9. The van der Waals surface area contributed by atoms with Crippen molar-refractivity contribution in [3.63, 3.8) is 0 Å². The van der Waals surface area contributed by atoms with Crippen molar-refractivity contribution in [1.82, 2.24) is 0 Å². The van der Waals surface area contributed by atoms with E-state index in [1.807, 2.05) is 23.5 Å². The molecule has 2 aromatic heterocycles. The van der Waals surface area contributed by atoms with Crippen LogP contribution in [0.15, 0.2) is 205 Å². The van der Waals surface area contributed by atoms with E-state index in [2.05, 4.69) is 193 Å².